The van der Waals surface area contributed by atoms with Gasteiger partial charge in [0.1, 0.15) is 11.2 Å². The Kier molecular flexibility index (Phi) is 5.97. The molecule has 0 radical (unpaired) electrons. The SMILES string of the molecule is CC(C)[C@H](C)[C@@]1(C)C[C@@H]1[C@@H](C)C1CCC2C3C[C@@H](O)[C@@]4(O)C[C@@H](O)CC[C@]4(C)[C@@]3(O)[C@H](O)C[C@@]21C. The van der Waals surface area contributed by atoms with Gasteiger partial charge in [0.25, 0.3) is 0 Å². The first-order valence-electron chi connectivity index (χ1n) is 14.6. The van der Waals surface area contributed by atoms with Gasteiger partial charge < -0.3 is 25.5 Å². The number of rotatable bonds is 4. The summed E-state index contributed by atoms with van der Waals surface area (Å²) in [5.74, 6) is 3.11. The first kappa shape index (κ1) is 26.4. The second-order valence-electron chi connectivity index (χ2n) is 15.1. The molecule has 0 aromatic carbocycles. The molecule has 5 nitrogen and oxygen atoms in total. The van der Waals surface area contributed by atoms with Crippen LogP contribution in [0.3, 0.4) is 0 Å². The highest BCUT2D eigenvalue weighted by Gasteiger charge is 2.76. The van der Waals surface area contributed by atoms with Gasteiger partial charge in [-0.25, -0.2) is 0 Å². The average Bonchev–Trinajstić information content (AvgIpc) is 3.35. The zero-order valence-electron chi connectivity index (χ0n) is 23.2. The standard InChI is InChI=1S/C30H52O5/c1-16(2)18(4)26(5)14-23(26)17(3)20-8-9-21-22-12-24(32)29(34)13-19(31)10-11-28(29,7)30(22,35)25(33)15-27(20,21)6/h16-25,31-35H,8-15H2,1-7H3/t17-,18-,19-,20?,21?,22?,23+,24+,25+,26+,27+,28-,29-,30-/m0/s1. The highest BCUT2D eigenvalue weighted by molar-refractivity contribution is 5.26. The van der Waals surface area contributed by atoms with Crippen molar-refractivity contribution in [2.75, 3.05) is 0 Å². The number of hydrogen-bond donors (Lipinski definition) is 5. The zero-order valence-corrected chi connectivity index (χ0v) is 23.2. The van der Waals surface area contributed by atoms with Crippen LogP contribution in [0.1, 0.15) is 99.8 Å². The first-order chi connectivity index (χ1) is 16.1. The molecular formula is C30H52O5. The lowest BCUT2D eigenvalue weighted by Gasteiger charge is -2.70. The monoisotopic (exact) mass is 492 g/mol. The maximum absolute atomic E-state index is 12.4. The molecule has 0 heterocycles. The molecule has 0 aromatic heterocycles. The molecule has 0 saturated heterocycles. The van der Waals surface area contributed by atoms with E-state index in [0.29, 0.717) is 60.7 Å². The fourth-order valence-corrected chi connectivity index (χ4v) is 11.0. The van der Waals surface area contributed by atoms with Gasteiger partial charge >= 0.3 is 0 Å². The molecular weight excluding hydrogens is 440 g/mol. The van der Waals surface area contributed by atoms with E-state index in [0.717, 1.165) is 12.8 Å². The van der Waals surface area contributed by atoms with Gasteiger partial charge in [-0.3, -0.25) is 0 Å². The summed E-state index contributed by atoms with van der Waals surface area (Å²) in [6.45, 7) is 16.2. The van der Waals surface area contributed by atoms with Crippen LogP contribution in [-0.2, 0) is 0 Å². The Balaban J connectivity index is 1.45. The second kappa shape index (κ2) is 7.91. The summed E-state index contributed by atoms with van der Waals surface area (Å²) in [5.41, 5.74) is -3.78. The van der Waals surface area contributed by atoms with E-state index in [1.165, 1.54) is 6.42 Å². The van der Waals surface area contributed by atoms with Crippen LogP contribution in [0, 0.1) is 57.7 Å². The Morgan fingerprint density at radius 3 is 2.03 bits per heavy atom. The van der Waals surface area contributed by atoms with Crippen molar-refractivity contribution in [3.63, 3.8) is 0 Å². The van der Waals surface area contributed by atoms with Crippen LogP contribution in [-0.4, -0.2) is 55.0 Å². The lowest BCUT2D eigenvalue weighted by molar-refractivity contribution is -0.348. The minimum Gasteiger partial charge on any atom is -0.393 e. The number of fused-ring (bicyclic) bond motifs is 5. The summed E-state index contributed by atoms with van der Waals surface area (Å²) in [6.07, 6.45) is 2.55. The number of aliphatic hydroxyl groups excluding tert-OH is 3. The van der Waals surface area contributed by atoms with Crippen molar-refractivity contribution < 1.29 is 25.5 Å². The Morgan fingerprint density at radius 2 is 1.40 bits per heavy atom. The third-order valence-corrected chi connectivity index (χ3v) is 13.7. The molecule has 0 bridgehead atoms. The molecule has 0 amide bonds. The maximum Gasteiger partial charge on any atom is 0.102 e. The van der Waals surface area contributed by atoms with Crippen molar-refractivity contribution in [1.29, 1.82) is 0 Å². The van der Waals surface area contributed by atoms with Crippen molar-refractivity contribution >= 4 is 0 Å². The van der Waals surface area contributed by atoms with E-state index in [2.05, 4.69) is 41.5 Å². The molecule has 0 spiro atoms. The third-order valence-electron chi connectivity index (χ3n) is 13.7. The van der Waals surface area contributed by atoms with Crippen molar-refractivity contribution in [3.8, 4) is 0 Å². The predicted octanol–water partition coefficient (Wildman–Crippen LogP) is 4.13. The van der Waals surface area contributed by atoms with Crippen LogP contribution in [0.15, 0.2) is 0 Å². The van der Waals surface area contributed by atoms with E-state index in [4.69, 9.17) is 0 Å². The molecule has 5 aliphatic rings. The van der Waals surface area contributed by atoms with Gasteiger partial charge in [-0.15, -0.1) is 0 Å². The Bertz CT molecular complexity index is 847. The van der Waals surface area contributed by atoms with E-state index in [9.17, 15) is 25.5 Å². The summed E-state index contributed by atoms with van der Waals surface area (Å²) in [5, 5.41) is 57.5. The molecule has 35 heavy (non-hydrogen) atoms. The van der Waals surface area contributed by atoms with E-state index >= 15 is 0 Å². The quantitative estimate of drug-likeness (QED) is 0.406. The van der Waals surface area contributed by atoms with Crippen LogP contribution < -0.4 is 0 Å². The lowest BCUT2D eigenvalue weighted by atomic mass is 9.39. The molecule has 5 rings (SSSR count). The Morgan fingerprint density at radius 1 is 0.743 bits per heavy atom. The summed E-state index contributed by atoms with van der Waals surface area (Å²) in [7, 11) is 0. The van der Waals surface area contributed by atoms with Crippen molar-refractivity contribution in [2.45, 2.75) is 129 Å². The van der Waals surface area contributed by atoms with Gasteiger partial charge in [0, 0.05) is 11.8 Å². The second-order valence-corrected chi connectivity index (χ2v) is 15.1. The zero-order chi connectivity index (χ0) is 25.9. The third kappa shape index (κ3) is 3.17. The minimum atomic E-state index is -1.58. The molecule has 0 aromatic rings. The smallest absolute Gasteiger partial charge is 0.102 e. The molecule has 5 N–H and O–H groups in total. The molecule has 0 aliphatic heterocycles. The van der Waals surface area contributed by atoms with Gasteiger partial charge in [-0.05, 0) is 97.2 Å². The highest BCUT2D eigenvalue weighted by atomic mass is 16.4. The molecule has 5 aliphatic carbocycles. The molecule has 5 heteroatoms. The molecule has 5 fully saturated rings. The van der Waals surface area contributed by atoms with Crippen molar-refractivity contribution in [2.24, 2.45) is 57.7 Å². The molecule has 3 unspecified atom stereocenters. The molecule has 14 atom stereocenters. The predicted molar refractivity (Wildman–Crippen MR) is 136 cm³/mol. The lowest BCUT2D eigenvalue weighted by Crippen LogP contribution is -2.79. The Labute approximate surface area is 212 Å². The van der Waals surface area contributed by atoms with Gasteiger partial charge in [-0.1, -0.05) is 48.5 Å². The van der Waals surface area contributed by atoms with Gasteiger partial charge in [0.05, 0.1) is 18.3 Å². The molecule has 5 saturated carbocycles. The summed E-state index contributed by atoms with van der Waals surface area (Å²) in [6, 6.07) is 0. The van der Waals surface area contributed by atoms with Gasteiger partial charge in [0.2, 0.25) is 0 Å². The van der Waals surface area contributed by atoms with Crippen molar-refractivity contribution in [1.82, 2.24) is 0 Å². The Hall–Kier alpha value is -0.200. The average molecular weight is 493 g/mol. The summed E-state index contributed by atoms with van der Waals surface area (Å²) >= 11 is 0. The minimum absolute atomic E-state index is 0.0578. The van der Waals surface area contributed by atoms with E-state index in [1.54, 1.807) is 0 Å². The first-order valence-corrected chi connectivity index (χ1v) is 14.6. The normalized spacial score (nSPS) is 59.4. The van der Waals surface area contributed by atoms with E-state index in [1.807, 2.05) is 6.92 Å². The fraction of sp³-hybridized carbons (Fsp3) is 1.00. The summed E-state index contributed by atoms with van der Waals surface area (Å²) < 4.78 is 0. The van der Waals surface area contributed by atoms with Crippen LogP contribution in [0.25, 0.3) is 0 Å². The van der Waals surface area contributed by atoms with E-state index < -0.39 is 34.9 Å². The van der Waals surface area contributed by atoms with Crippen LogP contribution in [0.4, 0.5) is 0 Å². The highest BCUT2D eigenvalue weighted by Crippen LogP contribution is 2.73. The van der Waals surface area contributed by atoms with Crippen LogP contribution >= 0.6 is 0 Å². The maximum atomic E-state index is 12.4. The number of aliphatic hydroxyl groups is 5. The van der Waals surface area contributed by atoms with Gasteiger partial charge in [0.15, 0.2) is 0 Å². The molecule has 202 valence electrons. The van der Waals surface area contributed by atoms with Crippen LogP contribution in [0.2, 0.25) is 0 Å². The summed E-state index contributed by atoms with van der Waals surface area (Å²) in [4.78, 5) is 0. The van der Waals surface area contributed by atoms with E-state index in [-0.39, 0.29) is 23.7 Å². The number of hydrogen-bond acceptors (Lipinski definition) is 5. The van der Waals surface area contributed by atoms with Crippen LogP contribution in [0.5, 0.6) is 0 Å². The van der Waals surface area contributed by atoms with Gasteiger partial charge in [-0.2, -0.15) is 0 Å². The largest absolute Gasteiger partial charge is 0.393 e. The van der Waals surface area contributed by atoms with Crippen molar-refractivity contribution in [3.05, 3.63) is 0 Å². The fourth-order valence-electron chi connectivity index (χ4n) is 11.0. The topological polar surface area (TPSA) is 101 Å².